The number of hydrogen-bond acceptors (Lipinski definition) is 2. The van der Waals surface area contributed by atoms with Gasteiger partial charge in [0.25, 0.3) is 0 Å². The van der Waals surface area contributed by atoms with E-state index in [-0.39, 0.29) is 11.8 Å². The number of halogens is 3. The minimum atomic E-state index is -1.48. The zero-order chi connectivity index (χ0) is 10.6. The van der Waals surface area contributed by atoms with Crippen LogP contribution in [0.15, 0.2) is 0 Å². The van der Waals surface area contributed by atoms with Crippen LogP contribution in [0.25, 0.3) is 0 Å². The molecule has 0 aromatic rings. The minimum Gasteiger partial charge on any atom is -0.463 e. The lowest BCUT2D eigenvalue weighted by atomic mass is 10.1. The molecule has 1 rings (SSSR count). The van der Waals surface area contributed by atoms with Gasteiger partial charge in [0, 0.05) is 11.8 Å². The van der Waals surface area contributed by atoms with Gasteiger partial charge in [0.15, 0.2) is 0 Å². The van der Waals surface area contributed by atoms with Gasteiger partial charge < -0.3 is 4.74 Å². The first kappa shape index (κ1) is 12.4. The van der Waals surface area contributed by atoms with Crippen LogP contribution in [0.5, 0.6) is 0 Å². The number of carbonyl (C=O) groups is 1. The fourth-order valence-corrected chi connectivity index (χ4v) is 2.40. The monoisotopic (exact) mass is 258 g/mol. The average molecular weight is 260 g/mol. The molecule has 1 heterocycles. The predicted octanol–water partition coefficient (Wildman–Crippen LogP) is 3.28. The van der Waals surface area contributed by atoms with E-state index in [4.69, 9.17) is 39.5 Å². The van der Waals surface area contributed by atoms with Gasteiger partial charge in [-0.1, -0.05) is 36.0 Å². The molecule has 0 amide bonds. The van der Waals surface area contributed by atoms with Crippen molar-refractivity contribution in [1.82, 2.24) is 0 Å². The highest BCUT2D eigenvalue weighted by atomic mass is 35.5. The molecule has 1 fully saturated rings. The summed E-state index contributed by atoms with van der Waals surface area (Å²) in [6.45, 7) is 0.396. The molecule has 2 nitrogen and oxygen atoms in total. The summed E-state index contributed by atoms with van der Waals surface area (Å²) in [6, 6.07) is 0. The maximum Gasteiger partial charge on any atom is 0.342 e. The summed E-state index contributed by atoms with van der Waals surface area (Å²) in [7, 11) is 0. The molecule has 0 spiro atoms. The van der Waals surface area contributed by atoms with Gasteiger partial charge in [-0.3, -0.25) is 0 Å². The van der Waals surface area contributed by atoms with E-state index in [9.17, 15) is 4.79 Å². The Morgan fingerprint density at radius 3 is 2.71 bits per heavy atom. The van der Waals surface area contributed by atoms with Crippen molar-refractivity contribution in [3.8, 4) is 0 Å². The molecule has 0 bridgehead atoms. The van der Waals surface area contributed by atoms with Crippen molar-refractivity contribution >= 4 is 40.8 Å². The highest BCUT2D eigenvalue weighted by Crippen LogP contribution is 2.32. The molecule has 0 aromatic carbocycles. The second kappa shape index (κ2) is 5.43. The van der Waals surface area contributed by atoms with Gasteiger partial charge >= 0.3 is 5.97 Å². The van der Waals surface area contributed by atoms with Crippen LogP contribution in [0.1, 0.15) is 32.1 Å². The first-order valence-electron chi connectivity index (χ1n) is 4.71. The number of cyclic esters (lactones) is 1. The zero-order valence-corrected chi connectivity index (χ0v) is 10.0. The predicted molar refractivity (Wildman–Crippen MR) is 58.1 cm³/mol. The van der Waals surface area contributed by atoms with Gasteiger partial charge in [0.05, 0.1) is 6.61 Å². The number of alkyl halides is 3. The van der Waals surface area contributed by atoms with E-state index in [1.165, 1.54) is 0 Å². The lowest BCUT2D eigenvalue weighted by Gasteiger charge is -2.22. The molecule has 14 heavy (non-hydrogen) atoms. The van der Waals surface area contributed by atoms with Crippen LogP contribution >= 0.6 is 34.8 Å². The summed E-state index contributed by atoms with van der Waals surface area (Å²) in [5, 5.41) is -0.157. The SMILES string of the molecule is O=C1OCCCCCC(Cl)CC1(Cl)Cl. The van der Waals surface area contributed by atoms with E-state index in [1.54, 1.807) is 0 Å². The second-order valence-corrected chi connectivity index (χ2v) is 5.59. The van der Waals surface area contributed by atoms with Crippen LogP contribution in [0.2, 0.25) is 0 Å². The average Bonchev–Trinajstić information content (AvgIpc) is 2.08. The molecule has 1 atom stereocenters. The van der Waals surface area contributed by atoms with Crippen LogP contribution in [0.4, 0.5) is 0 Å². The van der Waals surface area contributed by atoms with E-state index in [0.717, 1.165) is 25.7 Å². The van der Waals surface area contributed by atoms with Crippen LogP contribution in [-0.4, -0.2) is 22.3 Å². The summed E-state index contributed by atoms with van der Waals surface area (Å²) in [5.41, 5.74) is 0. The second-order valence-electron chi connectivity index (χ2n) is 3.49. The zero-order valence-electron chi connectivity index (χ0n) is 7.77. The van der Waals surface area contributed by atoms with Crippen molar-refractivity contribution in [1.29, 1.82) is 0 Å². The third-order valence-electron chi connectivity index (χ3n) is 2.17. The number of hydrogen-bond donors (Lipinski definition) is 0. The molecule has 0 N–H and O–H groups in total. The van der Waals surface area contributed by atoms with E-state index < -0.39 is 10.3 Å². The summed E-state index contributed by atoms with van der Waals surface area (Å²) in [6.07, 6.45) is 3.98. The molecule has 0 radical (unpaired) electrons. The molecular formula is C9H13Cl3O2. The van der Waals surface area contributed by atoms with Gasteiger partial charge in [0.1, 0.15) is 0 Å². The Hall–Kier alpha value is 0.340. The van der Waals surface area contributed by atoms with Crippen molar-refractivity contribution in [2.75, 3.05) is 6.61 Å². The quantitative estimate of drug-likeness (QED) is 0.493. The normalized spacial score (nSPS) is 29.4. The van der Waals surface area contributed by atoms with E-state index >= 15 is 0 Å². The number of carbonyl (C=O) groups excluding carboxylic acids is 1. The Balaban J connectivity index is 2.59. The Morgan fingerprint density at radius 1 is 1.29 bits per heavy atom. The highest BCUT2D eigenvalue weighted by Gasteiger charge is 2.37. The maximum absolute atomic E-state index is 11.4. The summed E-state index contributed by atoms with van der Waals surface area (Å²) >= 11 is 17.6. The summed E-state index contributed by atoms with van der Waals surface area (Å²) < 4.78 is 3.44. The third kappa shape index (κ3) is 3.84. The minimum absolute atomic E-state index is 0.157. The van der Waals surface area contributed by atoms with E-state index in [0.29, 0.717) is 6.61 Å². The highest BCUT2D eigenvalue weighted by molar-refractivity contribution is 6.57. The lowest BCUT2D eigenvalue weighted by Crippen LogP contribution is -2.32. The molecule has 5 heteroatoms. The third-order valence-corrected chi connectivity index (χ3v) is 3.16. The van der Waals surface area contributed by atoms with Gasteiger partial charge in [-0.15, -0.1) is 11.6 Å². The van der Waals surface area contributed by atoms with E-state index in [1.807, 2.05) is 0 Å². The van der Waals surface area contributed by atoms with Crippen LogP contribution in [0.3, 0.4) is 0 Å². The van der Waals surface area contributed by atoms with Crippen LogP contribution < -0.4 is 0 Å². The molecule has 0 aliphatic carbocycles. The maximum atomic E-state index is 11.4. The van der Waals surface area contributed by atoms with Crippen molar-refractivity contribution in [3.63, 3.8) is 0 Å². The Bertz CT molecular complexity index is 206. The lowest BCUT2D eigenvalue weighted by molar-refractivity contribution is -0.144. The molecule has 0 aromatic heterocycles. The molecule has 82 valence electrons. The van der Waals surface area contributed by atoms with Crippen LogP contribution in [-0.2, 0) is 9.53 Å². The van der Waals surface area contributed by atoms with Crippen molar-refractivity contribution < 1.29 is 9.53 Å². The summed E-state index contributed by atoms with van der Waals surface area (Å²) in [5.74, 6) is -0.576. The number of esters is 1. The standard InChI is InChI=1S/C9H13Cl3O2/c10-7-4-2-1-3-5-14-8(13)9(11,12)6-7/h7H,1-6H2. The molecule has 1 saturated heterocycles. The number of ether oxygens (including phenoxy) is 1. The molecule has 0 saturated carbocycles. The van der Waals surface area contributed by atoms with Crippen LogP contribution in [0, 0.1) is 0 Å². The fraction of sp³-hybridized carbons (Fsp3) is 0.889. The van der Waals surface area contributed by atoms with Crippen molar-refractivity contribution in [3.05, 3.63) is 0 Å². The smallest absolute Gasteiger partial charge is 0.342 e. The first-order valence-corrected chi connectivity index (χ1v) is 5.91. The Morgan fingerprint density at radius 2 is 2.00 bits per heavy atom. The molecule has 1 aliphatic heterocycles. The Labute approximate surface area is 98.8 Å². The number of rotatable bonds is 0. The van der Waals surface area contributed by atoms with Gasteiger partial charge in [0.2, 0.25) is 4.33 Å². The van der Waals surface area contributed by atoms with Gasteiger partial charge in [-0.05, 0) is 12.8 Å². The van der Waals surface area contributed by atoms with Crippen molar-refractivity contribution in [2.45, 2.75) is 41.8 Å². The topological polar surface area (TPSA) is 26.3 Å². The summed E-state index contributed by atoms with van der Waals surface area (Å²) in [4.78, 5) is 11.4. The first-order chi connectivity index (χ1) is 6.52. The molecule has 1 unspecified atom stereocenters. The van der Waals surface area contributed by atoms with Gasteiger partial charge in [-0.2, -0.15) is 0 Å². The molecular weight excluding hydrogens is 246 g/mol. The van der Waals surface area contributed by atoms with E-state index in [2.05, 4.69) is 0 Å². The fourth-order valence-electron chi connectivity index (χ4n) is 1.38. The molecule has 1 aliphatic rings. The van der Waals surface area contributed by atoms with Gasteiger partial charge in [-0.25, -0.2) is 4.79 Å². The Kier molecular flexibility index (Phi) is 4.81. The van der Waals surface area contributed by atoms with Crippen molar-refractivity contribution in [2.24, 2.45) is 0 Å². The largest absolute Gasteiger partial charge is 0.463 e.